The minimum Gasteiger partial charge on any atom is -0.390 e. The maximum atomic E-state index is 14.0. The Bertz CT molecular complexity index is 3440. The van der Waals surface area contributed by atoms with Crippen LogP contribution in [0.2, 0.25) is 0 Å². The van der Waals surface area contributed by atoms with E-state index in [9.17, 15) is 50.2 Å². The minimum absolute atomic E-state index is 0. The van der Waals surface area contributed by atoms with Gasteiger partial charge in [0.2, 0.25) is 17.3 Å². The number of hydrogen-bond acceptors (Lipinski definition) is 19. The molecule has 26 heteroatoms. The van der Waals surface area contributed by atoms with Crippen LogP contribution in [0.5, 0.6) is 0 Å². The molecule has 3 aliphatic rings. The van der Waals surface area contributed by atoms with Crippen LogP contribution in [0.3, 0.4) is 0 Å². The van der Waals surface area contributed by atoms with E-state index in [-0.39, 0.29) is 88.5 Å². The molecule has 0 radical (unpaired) electrons. The molecule has 0 amide bonds. The number of aliphatic hydroxyl groups is 1. The van der Waals surface area contributed by atoms with E-state index in [0.29, 0.717) is 81.5 Å². The Morgan fingerprint density at radius 3 is 1.30 bits per heavy atom. The average molecular weight is 1320 g/mol. The number of alkyl halides is 6. The molecule has 19 nitrogen and oxygen atoms in total. The average Bonchev–Trinajstić information content (AvgIpc) is 0.793. The number of nitrogens with two attached hydrogens (primary N) is 3. The second-order valence-electron chi connectivity index (χ2n) is 25.3. The lowest BCUT2D eigenvalue weighted by molar-refractivity contribution is -0.138. The molecule has 5 atom stereocenters. The first-order chi connectivity index (χ1) is 43.8. The van der Waals surface area contributed by atoms with Gasteiger partial charge >= 0.3 is 12.4 Å². The molecular formula is C67H104F7N15O4. The second kappa shape index (κ2) is 31.6. The summed E-state index contributed by atoms with van der Waals surface area (Å²) in [7, 11) is 0. The van der Waals surface area contributed by atoms with E-state index >= 15 is 0 Å². The fraction of sp³-hybridized carbons (Fsp3) is 0.478. The number of carbonyl (C=O) groups is 3. The third kappa shape index (κ3) is 19.7. The van der Waals surface area contributed by atoms with Crippen molar-refractivity contribution in [1.29, 1.82) is 0 Å². The summed E-state index contributed by atoms with van der Waals surface area (Å²) in [5, 5.41) is 20.8. The van der Waals surface area contributed by atoms with Crippen molar-refractivity contribution < 1.29 is 63.1 Å². The zero-order valence-corrected chi connectivity index (χ0v) is 53.9. The Labute approximate surface area is 552 Å². The van der Waals surface area contributed by atoms with Crippen molar-refractivity contribution in [2.45, 2.75) is 148 Å². The third-order valence-electron chi connectivity index (χ3n) is 15.9. The highest BCUT2D eigenvalue weighted by Crippen LogP contribution is 2.37. The molecule has 520 valence electrons. The van der Waals surface area contributed by atoms with Crippen molar-refractivity contribution in [3.05, 3.63) is 148 Å². The summed E-state index contributed by atoms with van der Waals surface area (Å²) in [6.07, 6.45) is 1.13. The van der Waals surface area contributed by atoms with E-state index in [2.05, 4.69) is 94.0 Å². The normalized spacial score (nSPS) is 18.7. The van der Waals surface area contributed by atoms with Crippen molar-refractivity contribution in [1.82, 2.24) is 45.9 Å². The van der Waals surface area contributed by atoms with Gasteiger partial charge in [-0.15, -0.1) is 0 Å². The van der Waals surface area contributed by atoms with Crippen LogP contribution in [0.4, 0.5) is 65.6 Å². The van der Waals surface area contributed by atoms with Gasteiger partial charge in [0.15, 0.2) is 0 Å². The molecule has 0 aromatic carbocycles. The zero-order valence-electron chi connectivity index (χ0n) is 53.9. The number of pyridine rings is 6. The number of hydrogen-bond donors (Lipinski definition) is 7. The lowest BCUT2D eigenvalue weighted by Gasteiger charge is -2.40. The quantitative estimate of drug-likeness (QED) is 0.0276. The number of aromatic nitrogens is 6. The summed E-state index contributed by atoms with van der Waals surface area (Å²) < 4.78 is 96.2. The summed E-state index contributed by atoms with van der Waals surface area (Å²) in [4.78, 5) is 69.6. The fourth-order valence-corrected chi connectivity index (χ4v) is 12.0. The molecule has 3 fully saturated rings. The summed E-state index contributed by atoms with van der Waals surface area (Å²) >= 11 is 0. The first kappa shape index (κ1) is 72.2. The van der Waals surface area contributed by atoms with Gasteiger partial charge in [0.1, 0.15) is 57.8 Å². The van der Waals surface area contributed by atoms with Crippen LogP contribution in [-0.2, 0) is 12.4 Å². The van der Waals surface area contributed by atoms with E-state index in [0.717, 1.165) is 50.7 Å². The maximum Gasteiger partial charge on any atom is 0.418 e. The van der Waals surface area contributed by atoms with Crippen molar-refractivity contribution in [2.24, 2.45) is 11.8 Å². The van der Waals surface area contributed by atoms with Crippen LogP contribution in [0.1, 0.15) is 178 Å². The van der Waals surface area contributed by atoms with Gasteiger partial charge in [0, 0.05) is 113 Å². The Hall–Kier alpha value is -8.20. The second-order valence-corrected chi connectivity index (χ2v) is 25.3. The Kier molecular flexibility index (Phi) is 24.6. The predicted octanol–water partition coefficient (Wildman–Crippen LogP) is 13.0. The van der Waals surface area contributed by atoms with E-state index in [1.165, 1.54) is 67.1 Å². The number of carbonyl (C=O) groups excluding carboxylic acids is 3. The highest BCUT2D eigenvalue weighted by Gasteiger charge is 2.40. The molecule has 10 N–H and O–H groups in total. The Morgan fingerprint density at radius 2 is 0.935 bits per heavy atom. The van der Waals surface area contributed by atoms with Crippen LogP contribution in [0.25, 0.3) is 5.83 Å². The topological polar surface area (TPSA) is 273 Å². The van der Waals surface area contributed by atoms with E-state index in [4.69, 9.17) is 17.2 Å². The van der Waals surface area contributed by atoms with Gasteiger partial charge in [0.25, 0.3) is 0 Å². The first-order valence-corrected chi connectivity index (χ1v) is 31.4. The highest BCUT2D eigenvalue weighted by molar-refractivity contribution is 6.13. The number of piperazine rings is 3. The van der Waals surface area contributed by atoms with Crippen LogP contribution in [-0.4, -0.2) is 134 Å². The minimum atomic E-state index is -4.72. The number of rotatable bonds is 20. The number of ketones is 3. The predicted molar refractivity (Wildman–Crippen MR) is 368 cm³/mol. The van der Waals surface area contributed by atoms with Crippen LogP contribution in [0, 0.1) is 11.8 Å². The van der Waals surface area contributed by atoms with Crippen molar-refractivity contribution in [2.75, 3.05) is 77.7 Å². The van der Waals surface area contributed by atoms with Gasteiger partial charge in [-0.25, -0.2) is 34.3 Å². The third-order valence-corrected chi connectivity index (χ3v) is 15.9. The fourth-order valence-electron chi connectivity index (χ4n) is 12.0. The number of nitrogens with zero attached hydrogens (tertiary/aromatic N) is 9. The summed E-state index contributed by atoms with van der Waals surface area (Å²) in [5.41, 5.74) is 13.0. The van der Waals surface area contributed by atoms with Crippen molar-refractivity contribution in [3.8, 4) is 0 Å². The Balaban J connectivity index is -0.00000138. The molecule has 0 saturated carbocycles. The monoisotopic (exact) mass is 1320 g/mol. The summed E-state index contributed by atoms with van der Waals surface area (Å²) in [6, 6.07) is 17.4. The molecule has 6 aromatic rings. The lowest BCUT2D eigenvalue weighted by Crippen LogP contribution is -2.57. The van der Waals surface area contributed by atoms with Crippen LogP contribution in [0.15, 0.2) is 98.0 Å². The van der Waals surface area contributed by atoms with Gasteiger partial charge in [-0.2, -0.15) is 26.3 Å². The Morgan fingerprint density at radius 1 is 0.570 bits per heavy atom. The van der Waals surface area contributed by atoms with Gasteiger partial charge in [0.05, 0.1) is 33.4 Å². The molecule has 9 rings (SSSR count). The molecule has 9 heterocycles. The zero-order chi connectivity index (χ0) is 68.1. The highest BCUT2D eigenvalue weighted by atomic mass is 19.4. The summed E-state index contributed by atoms with van der Waals surface area (Å²) in [6.45, 7) is 24.1. The SMILES string of the molecule is C=C(F)c1ccc(N2CCNC(CC(C)(C)O)C2)nc1C(=O)c1cccnc1N.CCC[C@@H]1CN(c2ccc(C(F)(F)F)c(C(=O)c3cccnc3N)n2)C[C@H](CC(C)C)N1.CCC[C@H]1CN(c2ccc(C(F)(F)F)c(C(=O)c3cccnc3N)n2)C[C@H](CC(C)C)N1.[HH].[HH].[HH].[HH].[HH].[HH].[HH].[HH].[HH]. The van der Waals surface area contributed by atoms with Crippen LogP contribution < -0.4 is 47.9 Å². The van der Waals surface area contributed by atoms with Gasteiger partial charge in [-0.05, 0) is 131 Å². The molecule has 0 aliphatic carbocycles. The molecule has 3 aliphatic heterocycles. The van der Waals surface area contributed by atoms with E-state index in [1.54, 1.807) is 26.0 Å². The van der Waals surface area contributed by atoms with Crippen molar-refractivity contribution in [3.63, 3.8) is 0 Å². The lowest BCUT2D eigenvalue weighted by atomic mass is 9.97. The molecule has 0 bridgehead atoms. The largest absolute Gasteiger partial charge is 0.418 e. The molecule has 1 unspecified atom stereocenters. The molecule has 93 heavy (non-hydrogen) atoms. The van der Waals surface area contributed by atoms with Gasteiger partial charge in [-0.3, -0.25) is 14.4 Å². The van der Waals surface area contributed by atoms with Crippen molar-refractivity contribution >= 4 is 58.1 Å². The van der Waals surface area contributed by atoms with E-state index in [1.807, 2.05) is 14.7 Å². The van der Waals surface area contributed by atoms with E-state index < -0.39 is 63.6 Å². The molecule has 3 saturated heterocycles. The molecular weight excluding hydrogens is 1210 g/mol. The van der Waals surface area contributed by atoms with Gasteiger partial charge in [-0.1, -0.05) is 61.0 Å². The smallest absolute Gasteiger partial charge is 0.390 e. The number of nitrogen functional groups attached to an aromatic ring is 3. The molecule has 0 spiro atoms. The maximum absolute atomic E-state index is 14.0. The van der Waals surface area contributed by atoms with Crippen LogP contribution >= 0.6 is 0 Å². The number of anilines is 6. The molecule has 6 aromatic heterocycles. The number of halogens is 7. The number of nitrogens with one attached hydrogen (secondary N) is 3. The van der Waals surface area contributed by atoms with Gasteiger partial charge < -0.3 is 53.0 Å². The first-order valence-electron chi connectivity index (χ1n) is 31.4. The standard InChI is InChI=1S/2C23H30F3N5O.C21H26FN5O2.9H2/c2*1-4-6-15-12-31(13-16(29-15)11-14(2)3)19-9-8-18(23(24,25)26)20(30-19)21(32)17-7-5-10-28-22(17)27;1-13(22)15-6-7-17(27-10-9-24-14(12-27)11-21(2,3)29)26-18(15)19(28)16-5-4-8-25-20(16)23;;;;;;;;;/h2*5,7-10,14-16,29H,4,6,11-13H2,1-3H3,(H2,27,28);4-8,14,24,29H,1,9-12H2,2-3H3,(H2,23,25);9*1H/t15-,16+;15-,16-;;;;;;;;;;/m10........../s1. The summed E-state index contributed by atoms with van der Waals surface area (Å²) in [5.74, 6) is -0.977.